The number of hydrogen-bond acceptors (Lipinski definition) is 5. The quantitative estimate of drug-likeness (QED) is 0.892. The standard InChI is InChI=1S/C19H25N5O3/c1-19(2,3)27-18(26)24-10-7-15-14(12-24)16(22-23(15)4)17(25)21-11-13-5-8-20-9-6-13/h5-6,8-9H,7,10-12H2,1-4H3,(H,21,25). The third-order valence-corrected chi connectivity index (χ3v) is 4.31. The fourth-order valence-electron chi connectivity index (χ4n) is 3.02. The van der Waals surface area contributed by atoms with Crippen LogP contribution in [0.5, 0.6) is 0 Å². The molecule has 0 aliphatic carbocycles. The number of carbonyl (C=O) groups excluding carboxylic acids is 2. The molecule has 27 heavy (non-hydrogen) atoms. The second kappa shape index (κ2) is 7.38. The summed E-state index contributed by atoms with van der Waals surface area (Å²) < 4.78 is 7.18. The lowest BCUT2D eigenvalue weighted by Crippen LogP contribution is -2.40. The summed E-state index contributed by atoms with van der Waals surface area (Å²) in [5, 5.41) is 7.27. The van der Waals surface area contributed by atoms with E-state index in [4.69, 9.17) is 4.74 Å². The number of ether oxygens (including phenoxy) is 1. The summed E-state index contributed by atoms with van der Waals surface area (Å²) >= 11 is 0. The van der Waals surface area contributed by atoms with E-state index in [0.29, 0.717) is 31.7 Å². The molecule has 2 aromatic rings. The van der Waals surface area contributed by atoms with Gasteiger partial charge < -0.3 is 15.0 Å². The van der Waals surface area contributed by atoms with E-state index in [2.05, 4.69) is 15.4 Å². The zero-order chi connectivity index (χ0) is 19.6. The molecule has 3 heterocycles. The number of carbonyl (C=O) groups is 2. The van der Waals surface area contributed by atoms with Crippen LogP contribution in [-0.2, 0) is 31.3 Å². The average molecular weight is 371 g/mol. The Morgan fingerprint density at radius 2 is 1.96 bits per heavy atom. The summed E-state index contributed by atoms with van der Waals surface area (Å²) in [5.74, 6) is -0.255. The van der Waals surface area contributed by atoms with Gasteiger partial charge in [0.05, 0.1) is 6.54 Å². The van der Waals surface area contributed by atoms with Gasteiger partial charge in [0.25, 0.3) is 5.91 Å². The summed E-state index contributed by atoms with van der Waals surface area (Å²) in [5.41, 5.74) is 2.51. The van der Waals surface area contributed by atoms with Crippen LogP contribution in [0.2, 0.25) is 0 Å². The van der Waals surface area contributed by atoms with Gasteiger partial charge in [-0.05, 0) is 38.5 Å². The molecule has 1 aliphatic heterocycles. The van der Waals surface area contributed by atoms with E-state index in [9.17, 15) is 9.59 Å². The highest BCUT2D eigenvalue weighted by molar-refractivity contribution is 5.94. The van der Waals surface area contributed by atoms with Gasteiger partial charge in [0.2, 0.25) is 0 Å². The number of pyridine rings is 1. The number of aromatic nitrogens is 3. The molecule has 144 valence electrons. The number of amides is 2. The van der Waals surface area contributed by atoms with Crippen LogP contribution in [0.4, 0.5) is 4.79 Å². The van der Waals surface area contributed by atoms with Crippen molar-refractivity contribution in [2.24, 2.45) is 7.05 Å². The molecule has 1 aliphatic rings. The van der Waals surface area contributed by atoms with Gasteiger partial charge in [-0.15, -0.1) is 0 Å². The number of fused-ring (bicyclic) bond motifs is 1. The molecule has 3 rings (SSSR count). The van der Waals surface area contributed by atoms with Gasteiger partial charge in [0.1, 0.15) is 5.60 Å². The molecule has 0 atom stereocenters. The van der Waals surface area contributed by atoms with Crippen LogP contribution in [0.15, 0.2) is 24.5 Å². The molecule has 0 bridgehead atoms. The van der Waals surface area contributed by atoms with Crippen molar-refractivity contribution in [1.29, 1.82) is 0 Å². The Labute approximate surface area is 158 Å². The summed E-state index contributed by atoms with van der Waals surface area (Å²) in [4.78, 5) is 30.6. The molecule has 0 radical (unpaired) electrons. The highest BCUT2D eigenvalue weighted by Crippen LogP contribution is 2.24. The topological polar surface area (TPSA) is 89.4 Å². The molecule has 0 fully saturated rings. The van der Waals surface area contributed by atoms with Gasteiger partial charge in [-0.3, -0.25) is 14.5 Å². The van der Waals surface area contributed by atoms with E-state index in [1.807, 2.05) is 40.0 Å². The van der Waals surface area contributed by atoms with Gasteiger partial charge in [0.15, 0.2) is 5.69 Å². The number of hydrogen-bond donors (Lipinski definition) is 1. The first-order chi connectivity index (χ1) is 12.7. The van der Waals surface area contributed by atoms with E-state index >= 15 is 0 Å². The molecule has 2 amide bonds. The number of aryl methyl sites for hydroxylation is 1. The minimum absolute atomic E-state index is 0.255. The highest BCUT2D eigenvalue weighted by Gasteiger charge is 2.31. The second-order valence-electron chi connectivity index (χ2n) is 7.59. The van der Waals surface area contributed by atoms with Gasteiger partial charge in [-0.25, -0.2) is 4.79 Å². The van der Waals surface area contributed by atoms with Gasteiger partial charge in [-0.2, -0.15) is 5.10 Å². The van der Waals surface area contributed by atoms with E-state index in [0.717, 1.165) is 16.8 Å². The minimum Gasteiger partial charge on any atom is -0.444 e. The average Bonchev–Trinajstić information content (AvgIpc) is 2.95. The van der Waals surface area contributed by atoms with E-state index in [1.54, 1.807) is 22.0 Å². The van der Waals surface area contributed by atoms with Crippen LogP contribution in [-0.4, -0.2) is 43.8 Å². The van der Waals surface area contributed by atoms with Crippen molar-refractivity contribution >= 4 is 12.0 Å². The minimum atomic E-state index is -0.558. The van der Waals surface area contributed by atoms with E-state index < -0.39 is 5.60 Å². The maximum Gasteiger partial charge on any atom is 0.410 e. The largest absolute Gasteiger partial charge is 0.444 e. The number of nitrogens with zero attached hydrogens (tertiary/aromatic N) is 4. The lowest BCUT2D eigenvalue weighted by molar-refractivity contribution is 0.0221. The Morgan fingerprint density at radius 1 is 1.26 bits per heavy atom. The normalized spacial score (nSPS) is 13.9. The van der Waals surface area contributed by atoms with E-state index in [1.165, 1.54) is 0 Å². The second-order valence-corrected chi connectivity index (χ2v) is 7.59. The van der Waals surface area contributed by atoms with Crippen molar-refractivity contribution in [3.8, 4) is 0 Å². The molecule has 1 N–H and O–H groups in total. The molecular formula is C19H25N5O3. The van der Waals surface area contributed by atoms with E-state index in [-0.39, 0.29) is 12.0 Å². The molecular weight excluding hydrogens is 346 g/mol. The smallest absolute Gasteiger partial charge is 0.410 e. The summed E-state index contributed by atoms with van der Waals surface area (Å²) in [6.45, 7) is 6.76. The van der Waals surface area contributed by atoms with Crippen LogP contribution in [0.25, 0.3) is 0 Å². The Balaban J connectivity index is 1.74. The van der Waals surface area contributed by atoms with Gasteiger partial charge in [-0.1, -0.05) is 0 Å². The van der Waals surface area contributed by atoms with Crippen LogP contribution in [0, 0.1) is 0 Å². The molecule has 8 nitrogen and oxygen atoms in total. The highest BCUT2D eigenvalue weighted by atomic mass is 16.6. The maximum absolute atomic E-state index is 12.7. The summed E-state index contributed by atoms with van der Waals surface area (Å²) in [6, 6.07) is 3.69. The zero-order valence-electron chi connectivity index (χ0n) is 16.2. The van der Waals surface area contributed by atoms with Crippen molar-refractivity contribution < 1.29 is 14.3 Å². The third-order valence-electron chi connectivity index (χ3n) is 4.31. The van der Waals surface area contributed by atoms with Gasteiger partial charge in [0, 0.05) is 50.2 Å². The van der Waals surface area contributed by atoms with Crippen molar-refractivity contribution in [2.45, 2.75) is 45.9 Å². The lowest BCUT2D eigenvalue weighted by Gasteiger charge is -2.30. The molecule has 0 saturated carbocycles. The Morgan fingerprint density at radius 3 is 2.63 bits per heavy atom. The third kappa shape index (κ3) is 4.45. The Kier molecular flexibility index (Phi) is 5.16. The molecule has 8 heteroatoms. The van der Waals surface area contributed by atoms with Crippen molar-refractivity contribution in [1.82, 2.24) is 25.0 Å². The fraction of sp³-hybridized carbons (Fsp3) is 0.474. The fourth-order valence-corrected chi connectivity index (χ4v) is 3.02. The monoisotopic (exact) mass is 371 g/mol. The first-order valence-corrected chi connectivity index (χ1v) is 8.94. The van der Waals surface area contributed by atoms with Crippen molar-refractivity contribution in [3.63, 3.8) is 0 Å². The van der Waals surface area contributed by atoms with Crippen LogP contribution >= 0.6 is 0 Å². The first kappa shape index (κ1) is 18.9. The predicted molar refractivity (Wildman–Crippen MR) is 99.0 cm³/mol. The van der Waals surface area contributed by atoms with Crippen LogP contribution in [0.3, 0.4) is 0 Å². The predicted octanol–water partition coefficient (Wildman–Crippen LogP) is 2.04. The summed E-state index contributed by atoms with van der Waals surface area (Å²) in [7, 11) is 1.82. The molecule has 0 spiro atoms. The zero-order valence-corrected chi connectivity index (χ0v) is 16.2. The summed E-state index contributed by atoms with van der Waals surface area (Å²) in [6.07, 6.45) is 3.63. The van der Waals surface area contributed by atoms with Crippen LogP contribution in [0.1, 0.15) is 48.1 Å². The van der Waals surface area contributed by atoms with Crippen LogP contribution < -0.4 is 5.32 Å². The number of rotatable bonds is 3. The molecule has 0 saturated heterocycles. The Bertz CT molecular complexity index is 839. The SMILES string of the molecule is Cn1nc(C(=O)NCc2ccncc2)c2c1CCN(C(=O)OC(C)(C)C)C2. The maximum atomic E-state index is 12.7. The lowest BCUT2D eigenvalue weighted by atomic mass is 10.0. The first-order valence-electron chi connectivity index (χ1n) is 8.94. The van der Waals surface area contributed by atoms with Crippen molar-refractivity contribution in [3.05, 3.63) is 47.0 Å². The molecule has 0 aromatic carbocycles. The Hall–Kier alpha value is -2.90. The van der Waals surface area contributed by atoms with Crippen molar-refractivity contribution in [2.75, 3.05) is 6.54 Å². The molecule has 0 unspecified atom stereocenters. The molecule has 2 aromatic heterocycles. The van der Waals surface area contributed by atoms with Gasteiger partial charge >= 0.3 is 6.09 Å². The number of nitrogens with one attached hydrogen (secondary N) is 1.